The normalized spacial score (nSPS) is 38.9. The molecule has 4 atom stereocenters. The molecule has 0 aromatic heterocycles. The summed E-state index contributed by atoms with van der Waals surface area (Å²) in [5, 5.41) is 0. The fourth-order valence-corrected chi connectivity index (χ4v) is 3.36. The Kier molecular flexibility index (Phi) is 4.24. The van der Waals surface area contributed by atoms with Gasteiger partial charge in [0.05, 0.1) is 12.2 Å². The van der Waals surface area contributed by atoms with E-state index in [9.17, 15) is 4.79 Å². The van der Waals surface area contributed by atoms with Gasteiger partial charge >= 0.3 is 0 Å². The number of rotatable bonds is 3. The Morgan fingerprint density at radius 3 is 2.65 bits per heavy atom. The second kappa shape index (κ2) is 5.51. The maximum Gasteiger partial charge on any atom is 0.136 e. The van der Waals surface area contributed by atoms with E-state index in [1.807, 2.05) is 0 Å². The minimum atomic E-state index is 0.284. The SMILES string of the molecule is CC1CCC(CC2CC(C(C)C)CCC2=O)O1. The van der Waals surface area contributed by atoms with Gasteiger partial charge in [0.25, 0.3) is 0 Å². The molecule has 2 nitrogen and oxygen atoms in total. The number of carbonyl (C=O) groups excluding carboxylic acids is 1. The van der Waals surface area contributed by atoms with Gasteiger partial charge in [0, 0.05) is 12.3 Å². The van der Waals surface area contributed by atoms with Gasteiger partial charge < -0.3 is 4.74 Å². The van der Waals surface area contributed by atoms with Crippen LogP contribution in [0.3, 0.4) is 0 Å². The highest BCUT2D eigenvalue weighted by atomic mass is 16.5. The molecule has 0 N–H and O–H groups in total. The topological polar surface area (TPSA) is 26.3 Å². The minimum Gasteiger partial charge on any atom is -0.375 e. The molecule has 2 aliphatic rings. The van der Waals surface area contributed by atoms with E-state index >= 15 is 0 Å². The van der Waals surface area contributed by atoms with Crippen molar-refractivity contribution in [1.82, 2.24) is 0 Å². The predicted octanol–water partition coefficient (Wildman–Crippen LogP) is 3.59. The first kappa shape index (κ1) is 13.1. The smallest absolute Gasteiger partial charge is 0.136 e. The second-order valence-corrected chi connectivity index (χ2v) is 6.32. The van der Waals surface area contributed by atoms with Crippen LogP contribution in [0.1, 0.15) is 59.3 Å². The van der Waals surface area contributed by atoms with Gasteiger partial charge in [-0.15, -0.1) is 0 Å². The maximum absolute atomic E-state index is 12.0. The average Bonchev–Trinajstić information content (AvgIpc) is 2.67. The first-order valence-corrected chi connectivity index (χ1v) is 7.24. The summed E-state index contributed by atoms with van der Waals surface area (Å²) < 4.78 is 5.86. The molecule has 0 spiro atoms. The van der Waals surface area contributed by atoms with Crippen molar-refractivity contribution >= 4 is 5.78 Å². The number of hydrogen-bond donors (Lipinski definition) is 0. The van der Waals surface area contributed by atoms with Gasteiger partial charge in [-0.1, -0.05) is 13.8 Å². The second-order valence-electron chi connectivity index (χ2n) is 6.32. The van der Waals surface area contributed by atoms with E-state index in [-0.39, 0.29) is 5.92 Å². The van der Waals surface area contributed by atoms with Crippen LogP contribution in [0.25, 0.3) is 0 Å². The van der Waals surface area contributed by atoms with E-state index in [2.05, 4.69) is 20.8 Å². The van der Waals surface area contributed by atoms with Crippen LogP contribution in [0.15, 0.2) is 0 Å². The molecule has 0 radical (unpaired) electrons. The molecule has 2 fully saturated rings. The molecular weight excluding hydrogens is 212 g/mol. The first-order valence-electron chi connectivity index (χ1n) is 7.24. The number of ketones is 1. The molecular formula is C15H26O2. The van der Waals surface area contributed by atoms with Crippen molar-refractivity contribution in [2.75, 3.05) is 0 Å². The van der Waals surface area contributed by atoms with Gasteiger partial charge in [-0.3, -0.25) is 4.79 Å². The third kappa shape index (κ3) is 3.31. The Hall–Kier alpha value is -0.370. The van der Waals surface area contributed by atoms with Crippen molar-refractivity contribution in [3.63, 3.8) is 0 Å². The van der Waals surface area contributed by atoms with Crippen LogP contribution in [0, 0.1) is 17.8 Å². The Balaban J connectivity index is 1.87. The third-order valence-corrected chi connectivity index (χ3v) is 4.61. The summed E-state index contributed by atoms with van der Waals surface area (Å²) in [4.78, 5) is 12.0. The summed E-state index contributed by atoms with van der Waals surface area (Å²) in [7, 11) is 0. The van der Waals surface area contributed by atoms with Gasteiger partial charge in [-0.25, -0.2) is 0 Å². The van der Waals surface area contributed by atoms with E-state index in [0.717, 1.165) is 38.0 Å². The minimum absolute atomic E-state index is 0.284. The van der Waals surface area contributed by atoms with Gasteiger partial charge in [-0.05, 0) is 50.9 Å². The first-order chi connectivity index (χ1) is 8.06. The van der Waals surface area contributed by atoms with Gasteiger partial charge in [0.1, 0.15) is 5.78 Å². The summed E-state index contributed by atoms with van der Waals surface area (Å²) >= 11 is 0. The summed E-state index contributed by atoms with van der Waals surface area (Å²) in [6.45, 7) is 6.71. The Morgan fingerprint density at radius 1 is 1.29 bits per heavy atom. The zero-order valence-corrected chi connectivity index (χ0v) is 11.4. The molecule has 0 amide bonds. The van der Waals surface area contributed by atoms with Crippen LogP contribution in [0.2, 0.25) is 0 Å². The third-order valence-electron chi connectivity index (χ3n) is 4.61. The maximum atomic E-state index is 12.0. The molecule has 1 aliphatic carbocycles. The van der Waals surface area contributed by atoms with Crippen LogP contribution in [-0.2, 0) is 9.53 Å². The largest absolute Gasteiger partial charge is 0.375 e. The van der Waals surface area contributed by atoms with Crippen molar-refractivity contribution in [3.8, 4) is 0 Å². The monoisotopic (exact) mass is 238 g/mol. The Morgan fingerprint density at radius 2 is 2.06 bits per heavy atom. The Labute approximate surface area is 105 Å². The van der Waals surface area contributed by atoms with Crippen LogP contribution >= 0.6 is 0 Å². The standard InChI is InChI=1S/C15H26O2/c1-10(2)12-5-7-15(16)13(8-12)9-14-6-4-11(3)17-14/h10-14H,4-9H2,1-3H3. The fourth-order valence-electron chi connectivity index (χ4n) is 3.36. The average molecular weight is 238 g/mol. The van der Waals surface area contributed by atoms with Crippen molar-refractivity contribution in [2.45, 2.75) is 71.5 Å². The van der Waals surface area contributed by atoms with E-state index in [1.54, 1.807) is 0 Å². The summed E-state index contributed by atoms with van der Waals surface area (Å²) in [6.07, 6.45) is 7.06. The molecule has 2 rings (SSSR count). The van der Waals surface area contributed by atoms with E-state index in [0.29, 0.717) is 23.9 Å². The van der Waals surface area contributed by atoms with Crippen molar-refractivity contribution in [1.29, 1.82) is 0 Å². The number of hydrogen-bond acceptors (Lipinski definition) is 2. The molecule has 4 unspecified atom stereocenters. The van der Waals surface area contributed by atoms with Crippen LogP contribution in [-0.4, -0.2) is 18.0 Å². The van der Waals surface area contributed by atoms with Crippen LogP contribution < -0.4 is 0 Å². The van der Waals surface area contributed by atoms with Crippen molar-refractivity contribution in [3.05, 3.63) is 0 Å². The molecule has 1 aliphatic heterocycles. The highest BCUT2D eigenvalue weighted by Gasteiger charge is 2.33. The molecule has 1 saturated carbocycles. The highest BCUT2D eigenvalue weighted by molar-refractivity contribution is 5.81. The zero-order valence-electron chi connectivity index (χ0n) is 11.4. The molecule has 0 aromatic carbocycles. The van der Waals surface area contributed by atoms with E-state index < -0.39 is 0 Å². The molecule has 98 valence electrons. The van der Waals surface area contributed by atoms with Gasteiger partial charge in [-0.2, -0.15) is 0 Å². The lowest BCUT2D eigenvalue weighted by Gasteiger charge is -2.31. The number of Topliss-reactive ketones (excluding diaryl/α,β-unsaturated/α-hetero) is 1. The molecule has 2 heteroatoms. The Bertz CT molecular complexity index is 272. The quantitative estimate of drug-likeness (QED) is 0.751. The summed E-state index contributed by atoms with van der Waals surface area (Å²) in [5.74, 6) is 2.24. The molecule has 1 heterocycles. The van der Waals surface area contributed by atoms with Crippen molar-refractivity contribution < 1.29 is 9.53 Å². The summed E-state index contributed by atoms with van der Waals surface area (Å²) in [5.41, 5.74) is 0. The van der Waals surface area contributed by atoms with Gasteiger partial charge in [0.15, 0.2) is 0 Å². The van der Waals surface area contributed by atoms with E-state index in [4.69, 9.17) is 4.74 Å². The summed E-state index contributed by atoms with van der Waals surface area (Å²) in [6, 6.07) is 0. The lowest BCUT2D eigenvalue weighted by Crippen LogP contribution is -2.30. The van der Waals surface area contributed by atoms with Crippen LogP contribution in [0.4, 0.5) is 0 Å². The van der Waals surface area contributed by atoms with Gasteiger partial charge in [0.2, 0.25) is 0 Å². The lowest BCUT2D eigenvalue weighted by molar-refractivity contribution is -0.127. The van der Waals surface area contributed by atoms with Crippen LogP contribution in [0.5, 0.6) is 0 Å². The number of carbonyl (C=O) groups is 1. The fraction of sp³-hybridized carbons (Fsp3) is 0.933. The predicted molar refractivity (Wildman–Crippen MR) is 68.9 cm³/mol. The number of ether oxygens (including phenoxy) is 1. The van der Waals surface area contributed by atoms with E-state index in [1.165, 1.54) is 6.42 Å². The molecule has 0 aromatic rings. The molecule has 0 bridgehead atoms. The lowest BCUT2D eigenvalue weighted by atomic mass is 9.73. The molecule has 17 heavy (non-hydrogen) atoms. The highest BCUT2D eigenvalue weighted by Crippen LogP contribution is 2.36. The van der Waals surface area contributed by atoms with Crippen molar-refractivity contribution in [2.24, 2.45) is 17.8 Å². The molecule has 1 saturated heterocycles. The zero-order chi connectivity index (χ0) is 12.4.